The molecule has 0 aliphatic rings. The summed E-state index contributed by atoms with van der Waals surface area (Å²) in [5.41, 5.74) is 5.95. The molecule has 0 amide bonds. The average Bonchev–Trinajstić information content (AvgIpc) is 3.23. The maximum absolute atomic E-state index is 5.07. The number of rotatable bonds is 9. The summed E-state index contributed by atoms with van der Waals surface area (Å²) < 4.78 is 0. The van der Waals surface area contributed by atoms with Crippen LogP contribution in [0.4, 0.5) is 5.82 Å². The Labute approximate surface area is 189 Å². The molecule has 0 aliphatic carbocycles. The van der Waals surface area contributed by atoms with Gasteiger partial charge in [0, 0.05) is 23.9 Å². The van der Waals surface area contributed by atoms with Crippen LogP contribution < -0.4 is 5.32 Å². The second-order valence-corrected chi connectivity index (χ2v) is 8.90. The molecule has 0 saturated carbocycles. The fourth-order valence-electron chi connectivity index (χ4n) is 3.67. The van der Waals surface area contributed by atoms with Crippen LogP contribution in [0.3, 0.4) is 0 Å². The van der Waals surface area contributed by atoms with Crippen molar-refractivity contribution < 1.29 is 0 Å². The Morgan fingerprint density at radius 3 is 2.61 bits per heavy atom. The summed E-state index contributed by atoms with van der Waals surface area (Å²) in [5, 5.41) is 4.77. The molecule has 0 bridgehead atoms. The first kappa shape index (κ1) is 21.3. The number of pyridine rings is 1. The van der Waals surface area contributed by atoms with Gasteiger partial charge in [0.05, 0.1) is 15.6 Å². The molecule has 1 N–H and O–H groups in total. The molecule has 2 aromatic carbocycles. The van der Waals surface area contributed by atoms with E-state index in [1.165, 1.54) is 33.0 Å². The second-order valence-electron chi connectivity index (χ2n) is 7.82. The lowest BCUT2D eigenvalue weighted by Crippen LogP contribution is -2.07. The second kappa shape index (κ2) is 10.4. The van der Waals surface area contributed by atoms with Gasteiger partial charge in [-0.1, -0.05) is 67.4 Å². The van der Waals surface area contributed by atoms with E-state index in [1.807, 2.05) is 12.3 Å². The molecular weight excluding hydrogens is 398 g/mol. The van der Waals surface area contributed by atoms with Crippen LogP contribution >= 0.6 is 11.3 Å². The number of nitrogens with zero attached hydrogens (tertiary/aromatic N) is 2. The van der Waals surface area contributed by atoms with Gasteiger partial charge in [-0.15, -0.1) is 11.3 Å². The zero-order valence-electron chi connectivity index (χ0n) is 18.3. The number of aryl methyl sites for hydroxylation is 2. The molecule has 2 aromatic heterocycles. The van der Waals surface area contributed by atoms with E-state index in [0.29, 0.717) is 0 Å². The summed E-state index contributed by atoms with van der Waals surface area (Å²) in [5.74, 6) is 0.929. The van der Waals surface area contributed by atoms with Crippen molar-refractivity contribution in [3.8, 4) is 21.7 Å². The molecule has 0 saturated heterocycles. The van der Waals surface area contributed by atoms with Gasteiger partial charge in [0.2, 0.25) is 0 Å². The van der Waals surface area contributed by atoms with Crippen molar-refractivity contribution in [3.05, 3.63) is 89.1 Å². The lowest BCUT2D eigenvalue weighted by molar-refractivity contribution is 0.790. The first-order chi connectivity index (χ1) is 15.2. The van der Waals surface area contributed by atoms with Crippen molar-refractivity contribution in [1.29, 1.82) is 0 Å². The smallest absolute Gasteiger partial charge is 0.134 e. The number of benzene rings is 2. The van der Waals surface area contributed by atoms with Crippen molar-refractivity contribution in [2.75, 3.05) is 11.9 Å². The van der Waals surface area contributed by atoms with Crippen LogP contribution in [0.5, 0.6) is 0 Å². The van der Waals surface area contributed by atoms with E-state index >= 15 is 0 Å². The van der Waals surface area contributed by atoms with Crippen LogP contribution in [0.15, 0.2) is 72.9 Å². The fraction of sp³-hybridized carbons (Fsp3) is 0.259. The van der Waals surface area contributed by atoms with Crippen molar-refractivity contribution in [1.82, 2.24) is 9.97 Å². The van der Waals surface area contributed by atoms with Crippen molar-refractivity contribution in [2.45, 2.75) is 39.5 Å². The number of unbranched alkanes of at least 4 members (excludes halogenated alkanes) is 1. The third-order valence-electron chi connectivity index (χ3n) is 5.31. The van der Waals surface area contributed by atoms with E-state index in [2.05, 4.69) is 84.8 Å². The minimum absolute atomic E-state index is 0.843. The lowest BCUT2D eigenvalue weighted by Gasteiger charge is -2.11. The molecule has 0 fully saturated rings. The number of aromatic nitrogens is 2. The minimum Gasteiger partial charge on any atom is -0.369 e. The molecule has 0 atom stereocenters. The number of nitrogens with one attached hydrogen (secondary N) is 1. The molecule has 4 heteroatoms. The topological polar surface area (TPSA) is 37.8 Å². The van der Waals surface area contributed by atoms with E-state index < -0.39 is 0 Å². The molecule has 2 heterocycles. The van der Waals surface area contributed by atoms with Gasteiger partial charge >= 0.3 is 0 Å². The SMILES string of the molecule is CCCCc1nc(-c2cccc(C)c2)c(-c2cccnc2NCCc2ccccc2)s1. The maximum Gasteiger partial charge on any atom is 0.134 e. The molecule has 3 nitrogen and oxygen atoms in total. The Hall–Kier alpha value is -2.98. The predicted octanol–water partition coefficient (Wildman–Crippen LogP) is 7.18. The molecule has 31 heavy (non-hydrogen) atoms. The number of hydrogen-bond acceptors (Lipinski definition) is 4. The summed E-state index contributed by atoms with van der Waals surface area (Å²) in [6.45, 7) is 5.20. The highest BCUT2D eigenvalue weighted by Crippen LogP contribution is 2.40. The fourth-order valence-corrected chi connectivity index (χ4v) is 4.82. The van der Waals surface area contributed by atoms with Gasteiger partial charge in [0.25, 0.3) is 0 Å². The largest absolute Gasteiger partial charge is 0.369 e. The first-order valence-electron chi connectivity index (χ1n) is 11.0. The Kier molecular flexibility index (Phi) is 7.11. The normalized spacial score (nSPS) is 10.9. The lowest BCUT2D eigenvalue weighted by atomic mass is 10.1. The summed E-state index contributed by atoms with van der Waals surface area (Å²) in [4.78, 5) is 10.9. The van der Waals surface area contributed by atoms with Crippen LogP contribution in [0.25, 0.3) is 21.7 Å². The quantitative estimate of drug-likeness (QED) is 0.307. The highest BCUT2D eigenvalue weighted by Gasteiger charge is 2.18. The van der Waals surface area contributed by atoms with Crippen LogP contribution in [-0.2, 0) is 12.8 Å². The number of anilines is 1. The molecule has 4 rings (SSSR count). The third-order valence-corrected chi connectivity index (χ3v) is 6.46. The van der Waals surface area contributed by atoms with Crippen LogP contribution in [0.2, 0.25) is 0 Å². The molecule has 0 unspecified atom stereocenters. The van der Waals surface area contributed by atoms with Crippen molar-refractivity contribution in [3.63, 3.8) is 0 Å². The Morgan fingerprint density at radius 2 is 1.81 bits per heavy atom. The molecule has 0 radical (unpaired) electrons. The number of hydrogen-bond donors (Lipinski definition) is 1. The van der Waals surface area contributed by atoms with Crippen LogP contribution in [0, 0.1) is 6.92 Å². The van der Waals surface area contributed by atoms with Gasteiger partial charge < -0.3 is 5.32 Å². The van der Waals surface area contributed by atoms with Crippen LogP contribution in [0.1, 0.15) is 35.9 Å². The standard InChI is InChI=1S/C27H29N3S/c1-3-4-15-24-30-25(22-13-8-10-20(2)19-22)26(31-24)23-14-9-17-28-27(23)29-18-16-21-11-6-5-7-12-21/h5-14,17,19H,3-4,15-16,18H2,1-2H3,(H,28,29). The van der Waals surface area contributed by atoms with Gasteiger partial charge in [-0.05, 0) is 49.9 Å². The maximum atomic E-state index is 5.07. The van der Waals surface area contributed by atoms with Gasteiger partial charge in [-0.3, -0.25) is 0 Å². The zero-order valence-corrected chi connectivity index (χ0v) is 19.1. The zero-order chi connectivity index (χ0) is 21.5. The van der Waals surface area contributed by atoms with E-state index in [9.17, 15) is 0 Å². The molecule has 158 valence electrons. The summed E-state index contributed by atoms with van der Waals surface area (Å²) in [7, 11) is 0. The minimum atomic E-state index is 0.843. The van der Waals surface area contributed by atoms with E-state index in [1.54, 1.807) is 11.3 Å². The van der Waals surface area contributed by atoms with Gasteiger partial charge in [0.15, 0.2) is 0 Å². The highest BCUT2D eigenvalue weighted by atomic mass is 32.1. The molecule has 4 aromatic rings. The summed E-state index contributed by atoms with van der Waals surface area (Å²) in [6, 6.07) is 23.4. The van der Waals surface area contributed by atoms with Crippen molar-refractivity contribution in [2.24, 2.45) is 0 Å². The van der Waals surface area contributed by atoms with Crippen LogP contribution in [-0.4, -0.2) is 16.5 Å². The summed E-state index contributed by atoms with van der Waals surface area (Å²) in [6.07, 6.45) is 6.19. The van der Waals surface area contributed by atoms with E-state index in [0.717, 1.165) is 42.9 Å². The average molecular weight is 428 g/mol. The predicted molar refractivity (Wildman–Crippen MR) is 133 cm³/mol. The van der Waals surface area contributed by atoms with Gasteiger partial charge in [0.1, 0.15) is 5.82 Å². The van der Waals surface area contributed by atoms with Gasteiger partial charge in [-0.2, -0.15) is 0 Å². The third kappa shape index (κ3) is 5.39. The molecule has 0 spiro atoms. The first-order valence-corrected chi connectivity index (χ1v) is 11.9. The van der Waals surface area contributed by atoms with Crippen molar-refractivity contribution >= 4 is 17.2 Å². The summed E-state index contributed by atoms with van der Waals surface area (Å²) >= 11 is 1.81. The molecule has 0 aliphatic heterocycles. The Balaban J connectivity index is 1.66. The monoisotopic (exact) mass is 427 g/mol. The Bertz CT molecular complexity index is 1120. The number of thiazole rings is 1. The highest BCUT2D eigenvalue weighted by molar-refractivity contribution is 7.15. The molecular formula is C27H29N3S. The van der Waals surface area contributed by atoms with Gasteiger partial charge in [-0.25, -0.2) is 9.97 Å². The van der Waals surface area contributed by atoms with E-state index in [-0.39, 0.29) is 0 Å². The Morgan fingerprint density at radius 1 is 0.935 bits per heavy atom. The van der Waals surface area contributed by atoms with E-state index in [4.69, 9.17) is 4.98 Å².